The lowest BCUT2D eigenvalue weighted by Crippen LogP contribution is -2.47. The van der Waals surface area contributed by atoms with Crippen molar-refractivity contribution >= 4 is 11.8 Å². The minimum atomic E-state index is 0.0435. The molecular formula is C17H26N4O2. The monoisotopic (exact) mass is 318 g/mol. The van der Waals surface area contributed by atoms with Crippen LogP contribution < -0.4 is 10.2 Å². The first-order chi connectivity index (χ1) is 11.2. The van der Waals surface area contributed by atoms with Gasteiger partial charge in [0.15, 0.2) is 0 Å². The van der Waals surface area contributed by atoms with Crippen molar-refractivity contribution in [1.82, 2.24) is 15.2 Å². The van der Waals surface area contributed by atoms with Gasteiger partial charge in [0, 0.05) is 38.4 Å². The second-order valence-electron chi connectivity index (χ2n) is 6.32. The van der Waals surface area contributed by atoms with Crippen molar-refractivity contribution in [3.8, 4) is 0 Å². The van der Waals surface area contributed by atoms with Crippen molar-refractivity contribution < 1.29 is 9.53 Å². The van der Waals surface area contributed by atoms with Crippen LogP contribution >= 0.6 is 0 Å². The zero-order valence-electron chi connectivity index (χ0n) is 13.8. The molecule has 1 aromatic rings. The molecule has 2 fully saturated rings. The number of hydrogen-bond donors (Lipinski definition) is 1. The summed E-state index contributed by atoms with van der Waals surface area (Å²) < 4.78 is 5.38. The van der Waals surface area contributed by atoms with Crippen LogP contribution in [-0.4, -0.2) is 54.8 Å². The summed E-state index contributed by atoms with van der Waals surface area (Å²) in [5.74, 6) is 0.964. The number of rotatable bonds is 3. The molecule has 6 nitrogen and oxygen atoms in total. The molecule has 2 amide bonds. The summed E-state index contributed by atoms with van der Waals surface area (Å²) in [6, 6.07) is 4.40. The zero-order chi connectivity index (χ0) is 16.1. The molecule has 1 N–H and O–H groups in total. The summed E-state index contributed by atoms with van der Waals surface area (Å²) in [6.45, 7) is 6.76. The quantitative estimate of drug-likeness (QED) is 0.926. The Kier molecular flexibility index (Phi) is 5.33. The number of carbonyl (C=O) groups excluding carboxylic acids is 1. The lowest BCUT2D eigenvalue weighted by atomic mass is 10.0. The number of aromatic nitrogens is 1. The number of amides is 2. The minimum absolute atomic E-state index is 0.0435. The first kappa shape index (κ1) is 16.1. The zero-order valence-corrected chi connectivity index (χ0v) is 13.8. The maximum atomic E-state index is 12.3. The van der Waals surface area contributed by atoms with E-state index in [9.17, 15) is 4.79 Å². The minimum Gasteiger partial charge on any atom is -0.378 e. The van der Waals surface area contributed by atoms with Gasteiger partial charge in [-0.05, 0) is 43.9 Å². The number of morpholine rings is 1. The fraction of sp³-hybridized carbons (Fsp3) is 0.647. The highest BCUT2D eigenvalue weighted by atomic mass is 16.5. The van der Waals surface area contributed by atoms with Gasteiger partial charge >= 0.3 is 6.03 Å². The van der Waals surface area contributed by atoms with Gasteiger partial charge in [-0.15, -0.1) is 0 Å². The predicted molar refractivity (Wildman–Crippen MR) is 89.5 cm³/mol. The van der Waals surface area contributed by atoms with Crippen LogP contribution in [0.5, 0.6) is 0 Å². The summed E-state index contributed by atoms with van der Waals surface area (Å²) >= 11 is 0. The van der Waals surface area contributed by atoms with E-state index in [-0.39, 0.29) is 6.03 Å². The smallest absolute Gasteiger partial charge is 0.317 e. The number of likely N-dealkylation sites (tertiary alicyclic amines) is 1. The van der Waals surface area contributed by atoms with Gasteiger partial charge < -0.3 is 19.9 Å². The van der Waals surface area contributed by atoms with Crippen molar-refractivity contribution in [2.75, 3.05) is 37.7 Å². The summed E-state index contributed by atoms with van der Waals surface area (Å²) in [7, 11) is 0. The summed E-state index contributed by atoms with van der Waals surface area (Å²) in [5, 5.41) is 3.05. The number of ether oxygens (including phenoxy) is 1. The predicted octanol–water partition coefficient (Wildman–Crippen LogP) is 2.00. The van der Waals surface area contributed by atoms with E-state index in [0.717, 1.165) is 57.1 Å². The topological polar surface area (TPSA) is 57.7 Å². The summed E-state index contributed by atoms with van der Waals surface area (Å²) in [5.41, 5.74) is 1.08. The molecule has 1 aromatic heterocycles. The third kappa shape index (κ3) is 4.13. The molecule has 0 aromatic carbocycles. The average Bonchev–Trinajstić information content (AvgIpc) is 2.61. The molecule has 0 aliphatic carbocycles. The number of nitrogens with one attached hydrogen (secondary N) is 1. The SMILES string of the molecule is C[C@@H]1CCCCN1C(=O)NCc1ccnc(N2CCOCC2)c1. The van der Waals surface area contributed by atoms with Crippen LogP contribution in [0, 0.1) is 0 Å². The Bertz CT molecular complexity index is 531. The molecule has 0 bridgehead atoms. The standard InChI is InChI=1S/C17H26N4O2/c1-14-4-2-3-7-21(14)17(22)19-13-15-5-6-18-16(12-15)20-8-10-23-11-9-20/h5-6,12,14H,2-4,7-11,13H2,1H3,(H,19,22)/t14-/m1/s1. The molecule has 0 unspecified atom stereocenters. The molecule has 23 heavy (non-hydrogen) atoms. The van der Waals surface area contributed by atoms with Crippen LogP contribution in [0.4, 0.5) is 10.6 Å². The van der Waals surface area contributed by atoms with Gasteiger partial charge in [-0.1, -0.05) is 0 Å². The normalized spacial score (nSPS) is 22.0. The number of piperidine rings is 1. The van der Waals surface area contributed by atoms with E-state index in [1.165, 1.54) is 6.42 Å². The molecule has 0 radical (unpaired) electrons. The van der Waals surface area contributed by atoms with Gasteiger partial charge in [-0.25, -0.2) is 9.78 Å². The fourth-order valence-electron chi connectivity index (χ4n) is 3.21. The van der Waals surface area contributed by atoms with E-state index in [2.05, 4.69) is 28.2 Å². The van der Waals surface area contributed by atoms with Crippen LogP contribution in [-0.2, 0) is 11.3 Å². The largest absolute Gasteiger partial charge is 0.378 e. The molecule has 2 aliphatic rings. The summed E-state index contributed by atoms with van der Waals surface area (Å²) in [6.07, 6.45) is 5.24. The number of carbonyl (C=O) groups is 1. The molecule has 2 aliphatic heterocycles. The van der Waals surface area contributed by atoms with Crippen LogP contribution in [0.15, 0.2) is 18.3 Å². The fourth-order valence-corrected chi connectivity index (χ4v) is 3.21. The lowest BCUT2D eigenvalue weighted by Gasteiger charge is -2.33. The molecule has 0 spiro atoms. The number of hydrogen-bond acceptors (Lipinski definition) is 4. The third-order valence-corrected chi connectivity index (χ3v) is 4.65. The average molecular weight is 318 g/mol. The molecular weight excluding hydrogens is 292 g/mol. The molecule has 2 saturated heterocycles. The molecule has 6 heteroatoms. The number of nitrogens with zero attached hydrogens (tertiary/aromatic N) is 3. The number of urea groups is 1. The van der Waals surface area contributed by atoms with Gasteiger partial charge in [0.1, 0.15) is 5.82 Å². The van der Waals surface area contributed by atoms with Gasteiger partial charge in [0.2, 0.25) is 0 Å². The Morgan fingerprint density at radius 1 is 1.35 bits per heavy atom. The lowest BCUT2D eigenvalue weighted by molar-refractivity contribution is 0.122. The van der Waals surface area contributed by atoms with Crippen molar-refractivity contribution in [1.29, 1.82) is 0 Å². The Labute approximate surface area is 137 Å². The van der Waals surface area contributed by atoms with Crippen molar-refractivity contribution in [3.63, 3.8) is 0 Å². The number of pyridine rings is 1. The first-order valence-electron chi connectivity index (χ1n) is 8.56. The Balaban J connectivity index is 1.56. The van der Waals surface area contributed by atoms with Gasteiger partial charge in [-0.2, -0.15) is 0 Å². The molecule has 0 saturated carbocycles. The van der Waals surface area contributed by atoms with Gasteiger partial charge in [0.25, 0.3) is 0 Å². The highest BCUT2D eigenvalue weighted by molar-refractivity contribution is 5.74. The molecule has 126 valence electrons. The van der Waals surface area contributed by atoms with Crippen LogP contribution in [0.1, 0.15) is 31.7 Å². The highest BCUT2D eigenvalue weighted by Crippen LogP contribution is 2.17. The molecule has 1 atom stereocenters. The third-order valence-electron chi connectivity index (χ3n) is 4.65. The molecule has 3 heterocycles. The second kappa shape index (κ2) is 7.64. The van der Waals surface area contributed by atoms with E-state index < -0.39 is 0 Å². The maximum absolute atomic E-state index is 12.3. The Morgan fingerprint density at radius 3 is 2.96 bits per heavy atom. The van der Waals surface area contributed by atoms with Crippen molar-refractivity contribution in [2.45, 2.75) is 38.8 Å². The van der Waals surface area contributed by atoms with Crippen molar-refractivity contribution in [2.24, 2.45) is 0 Å². The summed E-state index contributed by atoms with van der Waals surface area (Å²) in [4.78, 5) is 21.0. The number of anilines is 1. The van der Waals surface area contributed by atoms with Gasteiger partial charge in [0.05, 0.1) is 13.2 Å². The molecule has 3 rings (SSSR count). The highest BCUT2D eigenvalue weighted by Gasteiger charge is 2.22. The maximum Gasteiger partial charge on any atom is 0.317 e. The van der Waals surface area contributed by atoms with E-state index in [1.807, 2.05) is 17.2 Å². The van der Waals surface area contributed by atoms with Crippen LogP contribution in [0.3, 0.4) is 0 Å². The van der Waals surface area contributed by atoms with E-state index in [1.54, 1.807) is 0 Å². The Morgan fingerprint density at radius 2 is 2.17 bits per heavy atom. The van der Waals surface area contributed by atoms with E-state index in [0.29, 0.717) is 12.6 Å². The Hall–Kier alpha value is -1.82. The first-order valence-corrected chi connectivity index (χ1v) is 8.56. The van der Waals surface area contributed by atoms with Crippen LogP contribution in [0.2, 0.25) is 0 Å². The second-order valence-corrected chi connectivity index (χ2v) is 6.32. The van der Waals surface area contributed by atoms with Crippen molar-refractivity contribution in [3.05, 3.63) is 23.9 Å². The van der Waals surface area contributed by atoms with E-state index >= 15 is 0 Å². The van der Waals surface area contributed by atoms with Gasteiger partial charge in [-0.3, -0.25) is 0 Å². The van der Waals surface area contributed by atoms with Crippen LogP contribution in [0.25, 0.3) is 0 Å². The van der Waals surface area contributed by atoms with E-state index in [4.69, 9.17) is 4.74 Å².